The summed E-state index contributed by atoms with van der Waals surface area (Å²) in [4.78, 5) is 22.1. The minimum absolute atomic E-state index is 0.150. The van der Waals surface area contributed by atoms with Gasteiger partial charge in [0.2, 0.25) is 0 Å². The summed E-state index contributed by atoms with van der Waals surface area (Å²) in [5.41, 5.74) is -0.508. The first-order valence-electron chi connectivity index (χ1n) is 5.17. The second kappa shape index (κ2) is 4.65. The zero-order valence-electron chi connectivity index (χ0n) is 9.69. The van der Waals surface area contributed by atoms with Crippen LogP contribution in [-0.4, -0.2) is 34.7 Å². The largest absolute Gasteiger partial charge is 0.480 e. The number of ether oxygens (including phenoxy) is 1. The van der Waals surface area contributed by atoms with Gasteiger partial charge in [-0.05, 0) is 20.8 Å². The molecule has 5 nitrogen and oxygen atoms in total. The first-order valence-corrected chi connectivity index (χ1v) is 5.17. The fourth-order valence-corrected chi connectivity index (χ4v) is 1.43. The lowest BCUT2D eigenvalue weighted by molar-refractivity contribution is -0.155. The van der Waals surface area contributed by atoms with Crippen LogP contribution in [0.3, 0.4) is 0 Å². The van der Waals surface area contributed by atoms with Crippen LogP contribution in [0, 0.1) is 0 Å². The van der Waals surface area contributed by atoms with Crippen molar-refractivity contribution in [3.05, 3.63) is 12.2 Å². The maximum atomic E-state index is 11.4. The van der Waals surface area contributed by atoms with Crippen molar-refractivity contribution in [3.8, 4) is 0 Å². The molecule has 1 heterocycles. The first-order chi connectivity index (χ1) is 7.28. The highest BCUT2D eigenvalue weighted by Gasteiger charge is 2.26. The van der Waals surface area contributed by atoms with Crippen LogP contribution >= 0.6 is 0 Å². The zero-order valence-corrected chi connectivity index (χ0v) is 9.69. The van der Waals surface area contributed by atoms with Crippen LogP contribution in [0.5, 0.6) is 0 Å². The lowest BCUT2D eigenvalue weighted by Crippen LogP contribution is -2.38. The number of carboxylic acids is 1. The van der Waals surface area contributed by atoms with Gasteiger partial charge in [-0.15, -0.1) is 0 Å². The molecule has 1 aliphatic heterocycles. The quantitative estimate of drug-likeness (QED) is 0.548. The number of esters is 1. The summed E-state index contributed by atoms with van der Waals surface area (Å²) in [6.07, 6.45) is 3.37. The predicted octanol–water partition coefficient (Wildman–Crippen LogP) is 0.699. The van der Waals surface area contributed by atoms with Crippen LogP contribution in [0.15, 0.2) is 12.2 Å². The van der Waals surface area contributed by atoms with E-state index in [0.29, 0.717) is 0 Å². The molecule has 0 fully saturated rings. The molecule has 0 saturated carbocycles. The standard InChI is InChI=1S/C11H17NO4/c1-11(2,3)16-9(13)6-7-4-5-8(12-7)10(14)15/h4-5,7-8,12H,6H2,1-3H3,(H,14,15)/t7-,8+/m0/s1. The minimum Gasteiger partial charge on any atom is -0.480 e. The molecule has 0 amide bonds. The van der Waals surface area contributed by atoms with Gasteiger partial charge in [-0.2, -0.15) is 0 Å². The summed E-state index contributed by atoms with van der Waals surface area (Å²) in [5, 5.41) is 11.5. The van der Waals surface area contributed by atoms with Crippen LogP contribution in [-0.2, 0) is 14.3 Å². The van der Waals surface area contributed by atoms with Crippen molar-refractivity contribution >= 4 is 11.9 Å². The molecule has 1 aliphatic rings. The second-order valence-electron chi connectivity index (χ2n) is 4.76. The molecule has 0 spiro atoms. The molecule has 0 bridgehead atoms. The van der Waals surface area contributed by atoms with Crippen molar-refractivity contribution < 1.29 is 19.4 Å². The highest BCUT2D eigenvalue weighted by Crippen LogP contribution is 2.12. The molecule has 2 atom stereocenters. The summed E-state index contributed by atoms with van der Waals surface area (Å²) < 4.78 is 5.14. The number of hydrogen-bond donors (Lipinski definition) is 2. The van der Waals surface area contributed by atoms with Crippen LogP contribution in [0.1, 0.15) is 27.2 Å². The third-order valence-electron chi connectivity index (χ3n) is 2.00. The van der Waals surface area contributed by atoms with Crippen LogP contribution in [0.25, 0.3) is 0 Å². The zero-order chi connectivity index (χ0) is 12.3. The van der Waals surface area contributed by atoms with E-state index >= 15 is 0 Å². The number of carbonyl (C=O) groups is 2. The Hall–Kier alpha value is -1.36. The van der Waals surface area contributed by atoms with Gasteiger partial charge in [0.05, 0.1) is 6.42 Å². The van der Waals surface area contributed by atoms with Gasteiger partial charge >= 0.3 is 11.9 Å². The topological polar surface area (TPSA) is 75.6 Å². The minimum atomic E-state index is -0.942. The molecule has 0 unspecified atom stereocenters. The molecular weight excluding hydrogens is 210 g/mol. The van der Waals surface area contributed by atoms with Crippen molar-refractivity contribution in [1.82, 2.24) is 5.32 Å². The van der Waals surface area contributed by atoms with Crippen LogP contribution in [0.4, 0.5) is 0 Å². The molecular formula is C11H17NO4. The summed E-state index contributed by atoms with van der Waals surface area (Å²) in [5.74, 6) is -1.27. The fourth-order valence-electron chi connectivity index (χ4n) is 1.43. The van der Waals surface area contributed by atoms with E-state index in [1.54, 1.807) is 26.8 Å². The smallest absolute Gasteiger partial charge is 0.324 e. The maximum Gasteiger partial charge on any atom is 0.324 e. The Balaban J connectivity index is 2.38. The predicted molar refractivity (Wildman–Crippen MR) is 57.9 cm³/mol. The second-order valence-corrected chi connectivity index (χ2v) is 4.76. The number of rotatable bonds is 3. The maximum absolute atomic E-state index is 11.4. The van der Waals surface area contributed by atoms with Crippen molar-refractivity contribution in [2.75, 3.05) is 0 Å². The van der Waals surface area contributed by atoms with Crippen molar-refractivity contribution in [2.24, 2.45) is 0 Å². The van der Waals surface area contributed by atoms with Gasteiger partial charge in [0.15, 0.2) is 0 Å². The van der Waals surface area contributed by atoms with Gasteiger partial charge in [-0.1, -0.05) is 12.2 Å². The number of carboxylic acid groups (broad SMARTS) is 1. The van der Waals surface area contributed by atoms with Gasteiger partial charge in [-0.3, -0.25) is 14.9 Å². The van der Waals surface area contributed by atoms with Gasteiger partial charge in [0.25, 0.3) is 0 Å². The van der Waals surface area contributed by atoms with E-state index in [1.165, 1.54) is 6.08 Å². The monoisotopic (exact) mass is 227 g/mol. The molecule has 0 radical (unpaired) electrons. The molecule has 0 saturated heterocycles. The van der Waals surface area contributed by atoms with E-state index in [4.69, 9.17) is 9.84 Å². The number of nitrogens with one attached hydrogen (secondary N) is 1. The highest BCUT2D eigenvalue weighted by molar-refractivity contribution is 5.77. The number of aliphatic carboxylic acids is 1. The summed E-state index contributed by atoms with van der Waals surface area (Å²) in [6, 6.07) is -0.955. The number of hydrogen-bond acceptors (Lipinski definition) is 4. The van der Waals surface area contributed by atoms with Gasteiger partial charge in [0.1, 0.15) is 11.6 Å². The van der Waals surface area contributed by atoms with Crippen LogP contribution < -0.4 is 5.32 Å². The molecule has 0 aliphatic carbocycles. The average Bonchev–Trinajstić information content (AvgIpc) is 2.48. The molecule has 16 heavy (non-hydrogen) atoms. The van der Waals surface area contributed by atoms with Gasteiger partial charge in [-0.25, -0.2) is 0 Å². The van der Waals surface area contributed by atoms with E-state index in [2.05, 4.69) is 5.32 Å². The van der Waals surface area contributed by atoms with Gasteiger partial charge in [0, 0.05) is 6.04 Å². The van der Waals surface area contributed by atoms with Gasteiger partial charge < -0.3 is 9.84 Å². The lowest BCUT2D eigenvalue weighted by Gasteiger charge is -2.20. The van der Waals surface area contributed by atoms with E-state index < -0.39 is 17.6 Å². The van der Waals surface area contributed by atoms with Crippen molar-refractivity contribution in [1.29, 1.82) is 0 Å². The Bertz CT molecular complexity index is 316. The number of carbonyl (C=O) groups excluding carboxylic acids is 1. The Morgan fingerprint density at radius 3 is 2.44 bits per heavy atom. The Morgan fingerprint density at radius 1 is 1.38 bits per heavy atom. The third-order valence-corrected chi connectivity index (χ3v) is 2.00. The van der Waals surface area contributed by atoms with E-state index in [-0.39, 0.29) is 18.4 Å². The normalized spacial score (nSPS) is 24.4. The first kappa shape index (κ1) is 12.7. The van der Waals surface area contributed by atoms with E-state index in [9.17, 15) is 9.59 Å². The molecule has 2 N–H and O–H groups in total. The summed E-state index contributed by atoms with van der Waals surface area (Å²) in [6.45, 7) is 5.38. The Labute approximate surface area is 94.5 Å². The van der Waals surface area contributed by atoms with Crippen molar-refractivity contribution in [2.45, 2.75) is 44.9 Å². The summed E-state index contributed by atoms with van der Waals surface area (Å²) in [7, 11) is 0. The molecule has 5 heteroatoms. The SMILES string of the molecule is CC(C)(C)OC(=O)C[C@@H]1C=C[C@H](C(=O)O)N1. The van der Waals surface area contributed by atoms with Crippen molar-refractivity contribution in [3.63, 3.8) is 0 Å². The third kappa shape index (κ3) is 4.02. The summed E-state index contributed by atoms with van der Waals surface area (Å²) >= 11 is 0. The molecule has 0 aromatic rings. The molecule has 0 aromatic carbocycles. The van der Waals surface area contributed by atoms with E-state index in [1.807, 2.05) is 0 Å². The average molecular weight is 227 g/mol. The van der Waals surface area contributed by atoms with E-state index in [0.717, 1.165) is 0 Å². The Morgan fingerprint density at radius 2 is 2.00 bits per heavy atom. The Kier molecular flexibility index (Phi) is 3.70. The highest BCUT2D eigenvalue weighted by atomic mass is 16.6. The molecule has 90 valence electrons. The molecule has 1 rings (SSSR count). The van der Waals surface area contributed by atoms with Crippen LogP contribution in [0.2, 0.25) is 0 Å². The molecule has 0 aromatic heterocycles. The lowest BCUT2D eigenvalue weighted by atomic mass is 10.2. The fraction of sp³-hybridized carbons (Fsp3) is 0.636.